The molecule has 0 radical (unpaired) electrons. The molecule has 1 rings (SSSR count). The summed E-state index contributed by atoms with van der Waals surface area (Å²) in [7, 11) is 0. The van der Waals surface area contributed by atoms with E-state index in [9.17, 15) is 0 Å². The van der Waals surface area contributed by atoms with Crippen LogP contribution in [0.15, 0.2) is 16.6 Å². The molecule has 0 aliphatic rings. The summed E-state index contributed by atoms with van der Waals surface area (Å²) in [5.74, 6) is 1.59. The molecule has 1 unspecified atom stereocenters. The molecule has 3 nitrogen and oxygen atoms in total. The third-order valence-corrected chi connectivity index (χ3v) is 3.58. The van der Waals surface area contributed by atoms with Crippen molar-refractivity contribution in [2.45, 2.75) is 59.7 Å². The predicted molar refractivity (Wildman–Crippen MR) is 87.7 cm³/mol. The lowest BCUT2D eigenvalue weighted by molar-refractivity contribution is 0.222. The molecular formula is C16H26BrNO2. The smallest absolute Gasteiger partial charge is 0.175 e. The summed E-state index contributed by atoms with van der Waals surface area (Å²) in [6.07, 6.45) is 1.24. The molecule has 4 heteroatoms. The van der Waals surface area contributed by atoms with Crippen LogP contribution in [0.2, 0.25) is 0 Å². The van der Waals surface area contributed by atoms with E-state index >= 15 is 0 Å². The molecule has 0 fully saturated rings. The molecule has 1 aromatic rings. The molecule has 0 aromatic heterocycles. The molecule has 0 saturated heterocycles. The lowest BCUT2D eigenvalue weighted by atomic mass is 10.1. The predicted octanol–water partition coefficient (Wildman–Crippen LogP) is 4.52. The molecule has 1 N–H and O–H groups in total. The second-order valence-corrected chi connectivity index (χ2v) is 6.05. The van der Waals surface area contributed by atoms with E-state index in [2.05, 4.69) is 47.2 Å². The number of benzene rings is 1. The summed E-state index contributed by atoms with van der Waals surface area (Å²) in [6, 6.07) is 4.66. The highest BCUT2D eigenvalue weighted by Gasteiger charge is 2.13. The normalized spacial score (nSPS) is 12.6. The molecule has 20 heavy (non-hydrogen) atoms. The lowest BCUT2D eigenvalue weighted by Crippen LogP contribution is -2.24. The third kappa shape index (κ3) is 5.33. The largest absolute Gasteiger partial charge is 0.490 e. The first kappa shape index (κ1) is 17.3. The zero-order valence-corrected chi connectivity index (χ0v) is 14.7. The van der Waals surface area contributed by atoms with E-state index in [0.29, 0.717) is 12.6 Å². The van der Waals surface area contributed by atoms with E-state index in [1.807, 2.05) is 20.8 Å². The van der Waals surface area contributed by atoms with Crippen molar-refractivity contribution < 1.29 is 9.47 Å². The Hall–Kier alpha value is -0.740. The van der Waals surface area contributed by atoms with Crippen molar-refractivity contribution in [2.75, 3.05) is 6.61 Å². The van der Waals surface area contributed by atoms with E-state index < -0.39 is 0 Å². The Morgan fingerprint density at radius 1 is 1.20 bits per heavy atom. The van der Waals surface area contributed by atoms with Gasteiger partial charge < -0.3 is 14.8 Å². The Kier molecular flexibility index (Phi) is 7.38. The number of ether oxygens (including phenoxy) is 2. The maximum Gasteiger partial charge on any atom is 0.175 e. The zero-order chi connectivity index (χ0) is 15.1. The van der Waals surface area contributed by atoms with Crippen molar-refractivity contribution in [1.82, 2.24) is 5.32 Å². The van der Waals surface area contributed by atoms with Crippen molar-refractivity contribution in [2.24, 2.45) is 0 Å². The standard InChI is InChI=1S/C16H26BrNO2/c1-6-12(5)18-10-13-8-14(17)16(20-11(3)4)15(9-13)19-7-2/h8-9,11-12,18H,6-7,10H2,1-5H3. The van der Waals surface area contributed by atoms with E-state index in [1.54, 1.807) is 0 Å². The van der Waals surface area contributed by atoms with Crippen molar-refractivity contribution >= 4 is 15.9 Å². The van der Waals surface area contributed by atoms with E-state index in [4.69, 9.17) is 9.47 Å². The van der Waals surface area contributed by atoms with Gasteiger partial charge in [0.15, 0.2) is 11.5 Å². The van der Waals surface area contributed by atoms with Crippen LogP contribution in [-0.4, -0.2) is 18.8 Å². The van der Waals surface area contributed by atoms with Crippen LogP contribution in [0.3, 0.4) is 0 Å². The summed E-state index contributed by atoms with van der Waals surface area (Å²) in [6.45, 7) is 11.8. The van der Waals surface area contributed by atoms with E-state index in [-0.39, 0.29) is 6.10 Å². The Balaban J connectivity index is 2.93. The first-order valence-corrected chi connectivity index (χ1v) is 8.12. The van der Waals surface area contributed by atoms with Gasteiger partial charge in [0.05, 0.1) is 17.2 Å². The average molecular weight is 344 g/mol. The van der Waals surface area contributed by atoms with Gasteiger partial charge in [-0.15, -0.1) is 0 Å². The summed E-state index contributed by atoms with van der Waals surface area (Å²) < 4.78 is 12.5. The van der Waals surface area contributed by atoms with E-state index in [0.717, 1.165) is 28.9 Å². The number of hydrogen-bond acceptors (Lipinski definition) is 3. The monoisotopic (exact) mass is 343 g/mol. The number of nitrogens with one attached hydrogen (secondary N) is 1. The highest BCUT2D eigenvalue weighted by molar-refractivity contribution is 9.10. The molecule has 0 aliphatic carbocycles. The van der Waals surface area contributed by atoms with Gasteiger partial charge >= 0.3 is 0 Å². The molecule has 0 bridgehead atoms. The van der Waals surface area contributed by atoms with Crippen molar-refractivity contribution in [1.29, 1.82) is 0 Å². The maximum atomic E-state index is 5.84. The SMILES string of the molecule is CCOc1cc(CNC(C)CC)cc(Br)c1OC(C)C. The second kappa shape index (κ2) is 8.53. The van der Waals surface area contributed by atoms with Gasteiger partial charge in [0.1, 0.15) is 0 Å². The first-order valence-electron chi connectivity index (χ1n) is 7.33. The van der Waals surface area contributed by atoms with Crippen LogP contribution in [0.1, 0.15) is 46.6 Å². The fraction of sp³-hybridized carbons (Fsp3) is 0.625. The van der Waals surface area contributed by atoms with Gasteiger partial charge in [0.2, 0.25) is 0 Å². The van der Waals surface area contributed by atoms with Gasteiger partial charge in [-0.1, -0.05) is 6.92 Å². The van der Waals surface area contributed by atoms with Gasteiger partial charge in [-0.3, -0.25) is 0 Å². The quantitative estimate of drug-likeness (QED) is 0.752. The first-order chi connectivity index (χ1) is 9.47. The topological polar surface area (TPSA) is 30.5 Å². The van der Waals surface area contributed by atoms with Crippen molar-refractivity contribution in [3.05, 3.63) is 22.2 Å². The Bertz CT molecular complexity index is 421. The number of halogens is 1. The Morgan fingerprint density at radius 3 is 2.45 bits per heavy atom. The van der Waals surface area contributed by atoms with Crippen LogP contribution in [0.5, 0.6) is 11.5 Å². The maximum absolute atomic E-state index is 5.84. The summed E-state index contributed by atoms with van der Waals surface area (Å²) >= 11 is 3.59. The second-order valence-electron chi connectivity index (χ2n) is 5.19. The third-order valence-electron chi connectivity index (χ3n) is 2.99. The number of hydrogen-bond donors (Lipinski definition) is 1. The average Bonchev–Trinajstić information content (AvgIpc) is 2.39. The van der Waals surface area contributed by atoms with E-state index in [1.165, 1.54) is 5.56 Å². The van der Waals surface area contributed by atoms with Crippen molar-refractivity contribution in [3.8, 4) is 11.5 Å². The van der Waals surface area contributed by atoms with Crippen LogP contribution >= 0.6 is 15.9 Å². The van der Waals surface area contributed by atoms with Crippen LogP contribution in [0.25, 0.3) is 0 Å². The summed E-state index contributed by atoms with van der Waals surface area (Å²) in [4.78, 5) is 0. The summed E-state index contributed by atoms with van der Waals surface area (Å²) in [5.41, 5.74) is 1.19. The zero-order valence-electron chi connectivity index (χ0n) is 13.1. The van der Waals surface area contributed by atoms with Crippen LogP contribution in [0.4, 0.5) is 0 Å². The van der Waals surface area contributed by atoms with Gasteiger partial charge in [0, 0.05) is 12.6 Å². The molecule has 114 valence electrons. The molecule has 0 spiro atoms. The molecule has 0 amide bonds. The fourth-order valence-electron chi connectivity index (χ4n) is 1.77. The minimum absolute atomic E-state index is 0.120. The van der Waals surface area contributed by atoms with Gasteiger partial charge in [-0.2, -0.15) is 0 Å². The van der Waals surface area contributed by atoms with Crippen LogP contribution in [-0.2, 0) is 6.54 Å². The minimum atomic E-state index is 0.120. The number of rotatable bonds is 8. The van der Waals surface area contributed by atoms with Gasteiger partial charge in [-0.05, 0) is 67.7 Å². The van der Waals surface area contributed by atoms with Gasteiger partial charge in [0.25, 0.3) is 0 Å². The lowest BCUT2D eigenvalue weighted by Gasteiger charge is -2.18. The minimum Gasteiger partial charge on any atom is -0.490 e. The van der Waals surface area contributed by atoms with Crippen LogP contribution < -0.4 is 14.8 Å². The molecular weight excluding hydrogens is 318 g/mol. The Labute approximate surface area is 131 Å². The molecule has 0 saturated carbocycles. The van der Waals surface area contributed by atoms with Crippen molar-refractivity contribution in [3.63, 3.8) is 0 Å². The fourth-order valence-corrected chi connectivity index (χ4v) is 2.36. The van der Waals surface area contributed by atoms with Gasteiger partial charge in [-0.25, -0.2) is 0 Å². The highest BCUT2D eigenvalue weighted by Crippen LogP contribution is 2.37. The molecule has 1 aromatic carbocycles. The molecule has 1 atom stereocenters. The Morgan fingerprint density at radius 2 is 1.90 bits per heavy atom. The molecule has 0 aliphatic heterocycles. The highest BCUT2D eigenvalue weighted by atomic mass is 79.9. The van der Waals surface area contributed by atoms with Crippen LogP contribution in [0, 0.1) is 0 Å². The summed E-state index contributed by atoms with van der Waals surface area (Å²) in [5, 5.41) is 3.49. The molecule has 0 heterocycles.